The van der Waals surface area contributed by atoms with Crippen molar-refractivity contribution in [3.8, 4) is 0 Å². The van der Waals surface area contributed by atoms with Gasteiger partial charge in [0.1, 0.15) is 0 Å². The van der Waals surface area contributed by atoms with E-state index in [1.165, 1.54) is 4.80 Å². The number of aromatic nitrogens is 5. The number of fused-ring (bicyclic) bond motifs is 1. The van der Waals surface area contributed by atoms with Gasteiger partial charge in [-0.2, -0.15) is 4.80 Å². The fourth-order valence-corrected chi connectivity index (χ4v) is 2.96. The second kappa shape index (κ2) is 7.44. The topological polar surface area (TPSA) is 77.1 Å². The Kier molecular flexibility index (Phi) is 5.56. The van der Waals surface area contributed by atoms with Crippen LogP contribution in [0.5, 0.6) is 0 Å². The zero-order valence-electron chi connectivity index (χ0n) is 14.0. The molecular weight excluding hydrogens is 328 g/mol. The monoisotopic (exact) mass is 348 g/mol. The van der Waals surface area contributed by atoms with Gasteiger partial charge in [0.2, 0.25) is 0 Å². The minimum atomic E-state index is -0.0881. The Labute approximate surface area is 146 Å². The van der Waals surface area contributed by atoms with Crippen LogP contribution in [0.15, 0.2) is 24.4 Å². The average Bonchev–Trinajstić information content (AvgIpc) is 3.12. The van der Waals surface area contributed by atoms with Crippen molar-refractivity contribution in [3.63, 3.8) is 0 Å². The number of carbonyl (C=O) groups excluding carboxylic acids is 1. The molecule has 0 fully saturated rings. The van der Waals surface area contributed by atoms with Crippen molar-refractivity contribution < 1.29 is 4.79 Å². The summed E-state index contributed by atoms with van der Waals surface area (Å²) in [5.41, 5.74) is 3.97. The SMILES string of the molecule is CCc1c(C(=O)NCc2nnn(C)n2)c(CC)n2ccccc12.Cl. The van der Waals surface area contributed by atoms with Crippen molar-refractivity contribution in [1.82, 2.24) is 29.9 Å². The Morgan fingerprint density at radius 2 is 2.04 bits per heavy atom. The minimum Gasteiger partial charge on any atom is -0.345 e. The van der Waals surface area contributed by atoms with Crippen molar-refractivity contribution in [2.75, 3.05) is 0 Å². The van der Waals surface area contributed by atoms with E-state index in [1.807, 2.05) is 18.3 Å². The smallest absolute Gasteiger partial charge is 0.253 e. The van der Waals surface area contributed by atoms with Gasteiger partial charge in [-0.25, -0.2) is 0 Å². The summed E-state index contributed by atoms with van der Waals surface area (Å²) in [6.07, 6.45) is 3.60. The third kappa shape index (κ3) is 3.12. The molecule has 3 rings (SSSR count). The molecule has 0 aliphatic rings. The van der Waals surface area contributed by atoms with E-state index in [9.17, 15) is 4.79 Å². The fraction of sp³-hybridized carbons (Fsp3) is 0.375. The van der Waals surface area contributed by atoms with Gasteiger partial charge in [0.25, 0.3) is 5.91 Å². The molecule has 0 unspecified atom stereocenters. The van der Waals surface area contributed by atoms with Crippen LogP contribution in [0, 0.1) is 0 Å². The van der Waals surface area contributed by atoms with Crippen LogP contribution in [-0.2, 0) is 26.4 Å². The first-order chi connectivity index (χ1) is 11.2. The molecule has 0 saturated carbocycles. The summed E-state index contributed by atoms with van der Waals surface area (Å²) >= 11 is 0. The summed E-state index contributed by atoms with van der Waals surface area (Å²) in [6, 6.07) is 6.04. The first-order valence-corrected chi connectivity index (χ1v) is 7.77. The second-order valence-corrected chi connectivity index (χ2v) is 5.34. The molecule has 0 aliphatic heterocycles. The lowest BCUT2D eigenvalue weighted by Gasteiger charge is -2.06. The van der Waals surface area contributed by atoms with Crippen molar-refractivity contribution in [2.24, 2.45) is 7.05 Å². The van der Waals surface area contributed by atoms with E-state index in [1.54, 1.807) is 7.05 Å². The summed E-state index contributed by atoms with van der Waals surface area (Å²) in [4.78, 5) is 14.1. The molecule has 0 bridgehead atoms. The van der Waals surface area contributed by atoms with Crippen LogP contribution in [0.25, 0.3) is 5.52 Å². The maximum Gasteiger partial charge on any atom is 0.253 e. The third-order valence-electron chi connectivity index (χ3n) is 3.92. The molecule has 24 heavy (non-hydrogen) atoms. The van der Waals surface area contributed by atoms with Crippen molar-refractivity contribution >= 4 is 23.8 Å². The highest BCUT2D eigenvalue weighted by Crippen LogP contribution is 2.25. The van der Waals surface area contributed by atoms with Gasteiger partial charge in [-0.1, -0.05) is 19.9 Å². The lowest BCUT2D eigenvalue weighted by Crippen LogP contribution is -2.25. The molecule has 8 heteroatoms. The molecule has 0 radical (unpaired) electrons. The van der Waals surface area contributed by atoms with E-state index < -0.39 is 0 Å². The first-order valence-electron chi connectivity index (χ1n) is 7.77. The lowest BCUT2D eigenvalue weighted by molar-refractivity contribution is 0.0948. The Bertz CT molecular complexity index is 812. The highest BCUT2D eigenvalue weighted by Gasteiger charge is 2.21. The largest absolute Gasteiger partial charge is 0.345 e. The van der Waals surface area contributed by atoms with Crippen LogP contribution < -0.4 is 5.32 Å². The van der Waals surface area contributed by atoms with Gasteiger partial charge in [0.05, 0.1) is 19.2 Å². The van der Waals surface area contributed by atoms with Crippen molar-refractivity contribution in [2.45, 2.75) is 33.2 Å². The summed E-state index contributed by atoms with van der Waals surface area (Å²) < 4.78 is 2.11. The molecule has 7 nitrogen and oxygen atoms in total. The molecule has 0 spiro atoms. The van der Waals surface area contributed by atoms with Gasteiger partial charge < -0.3 is 9.72 Å². The maximum atomic E-state index is 12.7. The molecule has 3 heterocycles. The summed E-state index contributed by atoms with van der Waals surface area (Å²) in [5, 5.41) is 14.6. The van der Waals surface area contributed by atoms with Crippen LogP contribution in [0.2, 0.25) is 0 Å². The number of hydrogen-bond acceptors (Lipinski definition) is 4. The highest BCUT2D eigenvalue weighted by atomic mass is 35.5. The first kappa shape index (κ1) is 17.9. The fourth-order valence-electron chi connectivity index (χ4n) is 2.96. The Morgan fingerprint density at radius 3 is 2.67 bits per heavy atom. The number of nitrogens with one attached hydrogen (secondary N) is 1. The number of halogens is 1. The molecule has 3 aromatic rings. The minimum absolute atomic E-state index is 0. The van der Waals surface area contributed by atoms with Crippen molar-refractivity contribution in [3.05, 3.63) is 47.0 Å². The number of aryl methyl sites for hydroxylation is 3. The van der Waals surface area contributed by atoms with Gasteiger partial charge in [-0.05, 0) is 35.8 Å². The van der Waals surface area contributed by atoms with E-state index >= 15 is 0 Å². The Morgan fingerprint density at radius 1 is 1.25 bits per heavy atom. The van der Waals surface area contributed by atoms with Crippen LogP contribution in [0.4, 0.5) is 0 Å². The maximum absolute atomic E-state index is 12.7. The Hall–Kier alpha value is -2.41. The van der Waals surface area contributed by atoms with Gasteiger partial charge in [-0.3, -0.25) is 4.79 Å². The number of carbonyl (C=O) groups is 1. The number of tetrazole rings is 1. The zero-order chi connectivity index (χ0) is 16.4. The predicted octanol–water partition coefficient (Wildman–Crippen LogP) is 1.94. The lowest BCUT2D eigenvalue weighted by atomic mass is 10.1. The van der Waals surface area contributed by atoms with Gasteiger partial charge >= 0.3 is 0 Å². The van der Waals surface area contributed by atoms with Gasteiger partial charge in [0.15, 0.2) is 5.82 Å². The molecule has 0 atom stereocenters. The highest BCUT2D eigenvalue weighted by molar-refractivity contribution is 5.99. The summed E-state index contributed by atoms with van der Waals surface area (Å²) in [6.45, 7) is 4.41. The molecule has 0 aromatic carbocycles. The van der Waals surface area contributed by atoms with E-state index in [0.717, 1.165) is 35.2 Å². The van der Waals surface area contributed by atoms with Crippen molar-refractivity contribution in [1.29, 1.82) is 0 Å². The molecule has 128 valence electrons. The van der Waals surface area contributed by atoms with Crippen LogP contribution in [0.3, 0.4) is 0 Å². The number of pyridine rings is 1. The molecular formula is C16H21ClN6O. The molecule has 3 aromatic heterocycles. The number of hydrogen-bond donors (Lipinski definition) is 1. The van der Waals surface area contributed by atoms with Gasteiger partial charge in [0, 0.05) is 17.4 Å². The molecule has 0 aliphatic carbocycles. The molecule has 1 amide bonds. The number of nitrogens with zero attached hydrogens (tertiary/aromatic N) is 5. The predicted molar refractivity (Wildman–Crippen MR) is 93.4 cm³/mol. The number of rotatable bonds is 5. The normalized spacial score (nSPS) is 10.6. The standard InChI is InChI=1S/C16H20N6O.ClH/c1-4-11-13-8-6-7-9-22(13)12(5-2)15(11)16(23)17-10-14-18-20-21(3)19-14;/h6-9H,4-5,10H2,1-3H3,(H,17,23);1H. The summed E-state index contributed by atoms with van der Waals surface area (Å²) in [7, 11) is 1.70. The van der Waals surface area contributed by atoms with E-state index in [4.69, 9.17) is 0 Å². The second-order valence-electron chi connectivity index (χ2n) is 5.34. The van der Waals surface area contributed by atoms with E-state index in [2.05, 4.69) is 45.0 Å². The Balaban J connectivity index is 0.00000208. The quantitative estimate of drug-likeness (QED) is 0.764. The van der Waals surface area contributed by atoms with Gasteiger partial charge in [-0.15, -0.1) is 22.6 Å². The number of amides is 1. The van der Waals surface area contributed by atoms with E-state index in [0.29, 0.717) is 5.82 Å². The van der Waals surface area contributed by atoms with Crippen LogP contribution >= 0.6 is 12.4 Å². The van der Waals surface area contributed by atoms with Crippen LogP contribution in [0.1, 0.15) is 41.3 Å². The molecule has 1 N–H and O–H groups in total. The summed E-state index contributed by atoms with van der Waals surface area (Å²) in [5.74, 6) is 0.413. The van der Waals surface area contributed by atoms with E-state index in [-0.39, 0.29) is 24.9 Å². The average molecular weight is 349 g/mol. The van der Waals surface area contributed by atoms with Crippen LogP contribution in [-0.4, -0.2) is 30.5 Å². The third-order valence-corrected chi connectivity index (χ3v) is 3.92. The molecule has 0 saturated heterocycles. The zero-order valence-corrected chi connectivity index (χ0v) is 14.8.